The number of nitrogens with zero attached hydrogens (tertiary/aromatic N) is 4. The Morgan fingerprint density at radius 1 is 1.03 bits per heavy atom. The van der Waals surface area contributed by atoms with Crippen LogP contribution >= 0.6 is 0 Å². The van der Waals surface area contributed by atoms with Crippen LogP contribution in [0.1, 0.15) is 41.5 Å². The third-order valence-corrected chi connectivity index (χ3v) is 8.04. The number of piperidine rings is 1. The zero-order chi connectivity index (χ0) is 23.0. The first-order chi connectivity index (χ1) is 15.2. The zero-order valence-electron chi connectivity index (χ0n) is 18.9. The largest absolute Gasteiger partial charge is 0.322 e. The van der Waals surface area contributed by atoms with Gasteiger partial charge < -0.3 is 9.88 Å². The van der Waals surface area contributed by atoms with Crippen molar-refractivity contribution in [3.05, 3.63) is 59.5 Å². The lowest BCUT2D eigenvalue weighted by molar-refractivity contribution is 0.102. The molecule has 0 aliphatic carbocycles. The van der Waals surface area contributed by atoms with Gasteiger partial charge in [-0.25, -0.2) is 8.42 Å². The lowest BCUT2D eigenvalue weighted by Crippen LogP contribution is -2.37. The Bertz CT molecular complexity index is 1210. The molecule has 0 saturated carbocycles. The van der Waals surface area contributed by atoms with E-state index in [1.807, 2.05) is 30.5 Å². The molecule has 4 rings (SSSR count). The van der Waals surface area contributed by atoms with Crippen LogP contribution in [0.25, 0.3) is 5.82 Å². The Morgan fingerprint density at radius 3 is 2.22 bits per heavy atom. The van der Waals surface area contributed by atoms with Gasteiger partial charge in [0, 0.05) is 37.2 Å². The topological polar surface area (TPSA) is 89.2 Å². The monoisotopic (exact) mass is 455 g/mol. The maximum absolute atomic E-state index is 13.0. The van der Waals surface area contributed by atoms with Crippen LogP contribution in [0.15, 0.2) is 47.5 Å². The van der Waals surface area contributed by atoms with E-state index in [9.17, 15) is 13.2 Å². The maximum Gasteiger partial charge on any atom is 0.261 e. The summed E-state index contributed by atoms with van der Waals surface area (Å²) in [5, 5.41) is 7.13. The molecule has 0 atom stereocenters. The number of rotatable bonds is 5. The van der Waals surface area contributed by atoms with Gasteiger partial charge in [0.15, 0.2) is 0 Å². The number of nitrogens with one attached hydrogen (secondary N) is 1. The second-order valence-electron chi connectivity index (χ2n) is 8.52. The SMILES string of the molecule is Cc1ccc(C)n1-c1c(C(=O)Nc2ccc(S(=O)(=O)N3CCC(C)CC3)cc2)cnn1C. The summed E-state index contributed by atoms with van der Waals surface area (Å²) in [5.74, 6) is 0.928. The number of carbonyl (C=O) groups is 1. The molecule has 0 unspecified atom stereocenters. The number of hydrogen-bond donors (Lipinski definition) is 1. The predicted molar refractivity (Wildman–Crippen MR) is 124 cm³/mol. The fraction of sp³-hybridized carbons (Fsp3) is 0.391. The Balaban J connectivity index is 1.53. The number of amides is 1. The molecule has 1 aliphatic rings. The normalized spacial score (nSPS) is 15.8. The van der Waals surface area contributed by atoms with E-state index in [1.165, 1.54) is 0 Å². The fourth-order valence-corrected chi connectivity index (χ4v) is 5.61. The lowest BCUT2D eigenvalue weighted by Gasteiger charge is -2.29. The van der Waals surface area contributed by atoms with Gasteiger partial charge in [-0.3, -0.25) is 9.48 Å². The van der Waals surface area contributed by atoms with Crippen molar-refractivity contribution in [2.75, 3.05) is 18.4 Å². The molecule has 0 bridgehead atoms. The van der Waals surface area contributed by atoms with Crippen molar-refractivity contribution in [3.63, 3.8) is 0 Å². The summed E-state index contributed by atoms with van der Waals surface area (Å²) in [6, 6.07) is 10.3. The summed E-state index contributed by atoms with van der Waals surface area (Å²) >= 11 is 0. The van der Waals surface area contributed by atoms with Gasteiger partial charge in [0.1, 0.15) is 11.4 Å². The highest BCUT2D eigenvalue weighted by Crippen LogP contribution is 2.25. The standard InChI is InChI=1S/C23H29N5O3S/c1-16-11-13-27(14-12-16)32(30,31)20-9-7-19(8-10-20)25-22(29)21-15-24-26(4)23(21)28-17(2)5-6-18(28)3/h5-10,15-16H,11-14H2,1-4H3,(H,25,29). The minimum Gasteiger partial charge on any atom is -0.322 e. The van der Waals surface area contributed by atoms with Crippen LogP contribution in [0.2, 0.25) is 0 Å². The van der Waals surface area contributed by atoms with Gasteiger partial charge in [0.2, 0.25) is 10.0 Å². The molecule has 2 aromatic heterocycles. The highest BCUT2D eigenvalue weighted by atomic mass is 32.2. The molecule has 170 valence electrons. The van der Waals surface area contributed by atoms with Crippen LogP contribution in [0.3, 0.4) is 0 Å². The molecule has 1 amide bonds. The quantitative estimate of drug-likeness (QED) is 0.638. The molecule has 8 nitrogen and oxygen atoms in total. The molecule has 1 N–H and O–H groups in total. The predicted octanol–water partition coefficient (Wildman–Crippen LogP) is 3.50. The summed E-state index contributed by atoms with van der Waals surface area (Å²) in [6.45, 7) is 7.19. The second-order valence-corrected chi connectivity index (χ2v) is 10.5. The van der Waals surface area contributed by atoms with E-state index < -0.39 is 10.0 Å². The van der Waals surface area contributed by atoms with Gasteiger partial charge in [-0.1, -0.05) is 6.92 Å². The first kappa shape index (κ1) is 22.3. The Morgan fingerprint density at radius 2 is 1.62 bits per heavy atom. The van der Waals surface area contributed by atoms with E-state index in [-0.39, 0.29) is 10.8 Å². The van der Waals surface area contributed by atoms with Crippen LogP contribution in [-0.2, 0) is 17.1 Å². The number of aryl methyl sites for hydroxylation is 3. The molecule has 1 aliphatic heterocycles. The van der Waals surface area contributed by atoms with Gasteiger partial charge >= 0.3 is 0 Å². The van der Waals surface area contributed by atoms with E-state index in [0.29, 0.717) is 36.1 Å². The minimum atomic E-state index is -3.52. The number of carbonyl (C=O) groups excluding carboxylic acids is 1. The van der Waals surface area contributed by atoms with Crippen molar-refractivity contribution in [2.45, 2.75) is 38.5 Å². The fourth-order valence-electron chi connectivity index (χ4n) is 4.14. The van der Waals surface area contributed by atoms with Crippen molar-refractivity contribution in [2.24, 2.45) is 13.0 Å². The minimum absolute atomic E-state index is 0.241. The average Bonchev–Trinajstić information content (AvgIpc) is 3.29. The van der Waals surface area contributed by atoms with Gasteiger partial charge in [-0.2, -0.15) is 9.40 Å². The molecule has 3 aromatic rings. The van der Waals surface area contributed by atoms with E-state index in [0.717, 1.165) is 24.2 Å². The summed E-state index contributed by atoms with van der Waals surface area (Å²) in [5.41, 5.74) is 2.97. The molecular weight excluding hydrogens is 426 g/mol. The number of sulfonamides is 1. The third-order valence-electron chi connectivity index (χ3n) is 6.13. The van der Waals surface area contributed by atoms with Gasteiger partial charge in [-0.15, -0.1) is 0 Å². The summed E-state index contributed by atoms with van der Waals surface area (Å²) in [7, 11) is -1.72. The van der Waals surface area contributed by atoms with E-state index in [1.54, 1.807) is 46.5 Å². The van der Waals surface area contributed by atoms with E-state index in [4.69, 9.17) is 0 Å². The highest BCUT2D eigenvalue weighted by molar-refractivity contribution is 7.89. The molecular formula is C23H29N5O3S. The zero-order valence-corrected chi connectivity index (χ0v) is 19.7. The number of anilines is 1. The maximum atomic E-state index is 13.0. The van der Waals surface area contributed by atoms with Crippen molar-refractivity contribution in [1.82, 2.24) is 18.7 Å². The molecule has 1 saturated heterocycles. The molecule has 0 spiro atoms. The Labute approximate surface area is 188 Å². The molecule has 0 radical (unpaired) electrons. The molecule has 1 aromatic carbocycles. The molecule has 32 heavy (non-hydrogen) atoms. The van der Waals surface area contributed by atoms with Gasteiger partial charge in [0.25, 0.3) is 5.91 Å². The molecule has 9 heteroatoms. The van der Waals surface area contributed by atoms with Crippen molar-refractivity contribution >= 4 is 21.6 Å². The van der Waals surface area contributed by atoms with Crippen LogP contribution < -0.4 is 5.32 Å². The van der Waals surface area contributed by atoms with Crippen LogP contribution in [0.5, 0.6) is 0 Å². The van der Waals surface area contributed by atoms with Crippen molar-refractivity contribution in [3.8, 4) is 5.82 Å². The third kappa shape index (κ3) is 4.10. The first-order valence-electron chi connectivity index (χ1n) is 10.8. The highest BCUT2D eigenvalue weighted by Gasteiger charge is 2.28. The van der Waals surface area contributed by atoms with Crippen LogP contribution in [0.4, 0.5) is 5.69 Å². The Kier molecular flexibility index (Phi) is 5.96. The van der Waals surface area contributed by atoms with E-state index in [2.05, 4.69) is 17.3 Å². The van der Waals surface area contributed by atoms with Crippen LogP contribution in [0, 0.1) is 19.8 Å². The number of benzene rings is 1. The van der Waals surface area contributed by atoms with Gasteiger partial charge in [-0.05, 0) is 69.0 Å². The summed E-state index contributed by atoms with van der Waals surface area (Å²) < 4.78 is 31.0. The smallest absolute Gasteiger partial charge is 0.261 e. The number of aromatic nitrogens is 3. The van der Waals surface area contributed by atoms with Crippen molar-refractivity contribution < 1.29 is 13.2 Å². The lowest BCUT2D eigenvalue weighted by atomic mass is 10.0. The number of hydrogen-bond acceptors (Lipinski definition) is 4. The van der Waals surface area contributed by atoms with Crippen molar-refractivity contribution in [1.29, 1.82) is 0 Å². The second kappa shape index (κ2) is 8.55. The van der Waals surface area contributed by atoms with Crippen LogP contribution in [-0.4, -0.2) is 46.1 Å². The molecule has 3 heterocycles. The van der Waals surface area contributed by atoms with E-state index >= 15 is 0 Å². The average molecular weight is 456 g/mol. The summed E-state index contributed by atoms with van der Waals surface area (Å²) in [6.07, 6.45) is 3.29. The summed E-state index contributed by atoms with van der Waals surface area (Å²) in [4.78, 5) is 13.3. The first-order valence-corrected chi connectivity index (χ1v) is 12.2. The van der Waals surface area contributed by atoms with Gasteiger partial charge in [0.05, 0.1) is 11.1 Å². The molecule has 1 fully saturated rings. The Hall–Kier alpha value is -2.91.